The molecule has 1 heterocycles. The molecule has 1 amide bonds. The summed E-state index contributed by atoms with van der Waals surface area (Å²) in [4.78, 5) is 25.7. The number of esters is 1. The molecule has 1 aliphatic heterocycles. The highest BCUT2D eigenvalue weighted by atomic mass is 35.5. The fourth-order valence-electron chi connectivity index (χ4n) is 2.67. The van der Waals surface area contributed by atoms with Gasteiger partial charge in [0.05, 0.1) is 17.1 Å². The lowest BCUT2D eigenvalue weighted by molar-refractivity contribution is -0.136. The third-order valence-corrected chi connectivity index (χ3v) is 5.86. The highest BCUT2D eigenvalue weighted by molar-refractivity contribution is 7.91. The van der Waals surface area contributed by atoms with Gasteiger partial charge in [0.25, 0.3) is 5.91 Å². The molecule has 0 spiro atoms. The summed E-state index contributed by atoms with van der Waals surface area (Å²) >= 11 is 5.76. The number of ether oxygens (including phenoxy) is 1. The van der Waals surface area contributed by atoms with Crippen molar-refractivity contribution in [3.05, 3.63) is 28.8 Å². The zero-order chi connectivity index (χ0) is 17.9. The van der Waals surface area contributed by atoms with Gasteiger partial charge in [-0.25, -0.2) is 13.2 Å². The molecule has 1 saturated heterocycles. The van der Waals surface area contributed by atoms with Gasteiger partial charge in [0, 0.05) is 23.3 Å². The molecule has 0 aromatic heterocycles. The van der Waals surface area contributed by atoms with E-state index >= 15 is 0 Å². The topological polar surface area (TPSA) is 107 Å². The van der Waals surface area contributed by atoms with Crippen molar-refractivity contribution in [2.75, 3.05) is 30.4 Å². The third kappa shape index (κ3) is 4.39. The van der Waals surface area contributed by atoms with E-state index in [2.05, 4.69) is 0 Å². The van der Waals surface area contributed by atoms with E-state index in [0.717, 1.165) is 0 Å². The van der Waals surface area contributed by atoms with Crippen LogP contribution in [0, 0.1) is 0 Å². The van der Waals surface area contributed by atoms with Crippen LogP contribution in [-0.4, -0.2) is 55.9 Å². The molecule has 1 atom stereocenters. The molecule has 0 aliphatic carbocycles. The molecular formula is C15H19ClN2O5S. The maximum atomic E-state index is 12.2. The van der Waals surface area contributed by atoms with E-state index in [4.69, 9.17) is 22.1 Å². The highest BCUT2D eigenvalue weighted by Crippen LogP contribution is 2.20. The molecule has 2 N–H and O–H groups in total. The number of nitrogens with zero attached hydrogens (tertiary/aromatic N) is 1. The van der Waals surface area contributed by atoms with E-state index in [9.17, 15) is 18.0 Å². The summed E-state index contributed by atoms with van der Waals surface area (Å²) in [6.07, 6.45) is 0.403. The van der Waals surface area contributed by atoms with Gasteiger partial charge in [0.2, 0.25) is 0 Å². The van der Waals surface area contributed by atoms with Crippen molar-refractivity contribution in [1.82, 2.24) is 4.90 Å². The van der Waals surface area contributed by atoms with Gasteiger partial charge in [0.1, 0.15) is 0 Å². The number of sulfone groups is 1. The van der Waals surface area contributed by atoms with E-state index in [-0.39, 0.29) is 28.8 Å². The number of rotatable bonds is 5. The average Bonchev–Trinajstić information content (AvgIpc) is 2.85. The fourth-order valence-corrected chi connectivity index (χ4v) is 4.58. The largest absolute Gasteiger partial charge is 0.452 e. The molecule has 1 aliphatic rings. The number of likely N-dealkylation sites (N-methyl/N-ethyl adjacent to an activating group) is 1. The third-order valence-electron chi connectivity index (χ3n) is 3.87. The van der Waals surface area contributed by atoms with Crippen LogP contribution in [-0.2, 0) is 19.4 Å². The van der Waals surface area contributed by atoms with Crippen LogP contribution in [0.1, 0.15) is 23.7 Å². The first-order chi connectivity index (χ1) is 11.2. The second-order valence-corrected chi connectivity index (χ2v) is 8.21. The van der Waals surface area contributed by atoms with Crippen molar-refractivity contribution < 1.29 is 22.7 Å². The van der Waals surface area contributed by atoms with Crippen molar-refractivity contribution in [3.8, 4) is 0 Å². The van der Waals surface area contributed by atoms with Gasteiger partial charge in [0.15, 0.2) is 16.4 Å². The van der Waals surface area contributed by atoms with Gasteiger partial charge in [-0.3, -0.25) is 4.79 Å². The molecule has 1 fully saturated rings. The molecule has 0 radical (unpaired) electrons. The Morgan fingerprint density at radius 2 is 2.12 bits per heavy atom. The molecule has 0 saturated carbocycles. The number of carbonyl (C=O) groups is 2. The second-order valence-electron chi connectivity index (χ2n) is 5.54. The summed E-state index contributed by atoms with van der Waals surface area (Å²) in [6, 6.07) is 3.97. The summed E-state index contributed by atoms with van der Waals surface area (Å²) in [6.45, 7) is 1.63. The van der Waals surface area contributed by atoms with E-state index in [1.165, 1.54) is 23.1 Å². The summed E-state index contributed by atoms with van der Waals surface area (Å²) in [5.74, 6) is -1.14. The normalized spacial score (nSPS) is 19.0. The number of hydrogen-bond acceptors (Lipinski definition) is 6. The summed E-state index contributed by atoms with van der Waals surface area (Å²) in [5, 5.41) is 0.389. The van der Waals surface area contributed by atoms with Crippen LogP contribution in [0.3, 0.4) is 0 Å². The van der Waals surface area contributed by atoms with E-state index < -0.39 is 28.3 Å². The van der Waals surface area contributed by atoms with Crippen LogP contribution in [0.2, 0.25) is 5.02 Å². The van der Waals surface area contributed by atoms with Gasteiger partial charge in [-0.15, -0.1) is 0 Å². The number of anilines is 1. The molecule has 1 aromatic carbocycles. The summed E-state index contributed by atoms with van der Waals surface area (Å²) in [7, 11) is -3.10. The second kappa shape index (κ2) is 7.40. The number of carbonyl (C=O) groups excluding carboxylic acids is 2. The van der Waals surface area contributed by atoms with Crippen molar-refractivity contribution in [2.45, 2.75) is 19.4 Å². The number of amides is 1. The van der Waals surface area contributed by atoms with Gasteiger partial charge >= 0.3 is 5.97 Å². The predicted octanol–water partition coefficient (Wildman–Crippen LogP) is 1.11. The molecule has 0 bridgehead atoms. The predicted molar refractivity (Wildman–Crippen MR) is 90.6 cm³/mol. The Morgan fingerprint density at radius 1 is 1.42 bits per heavy atom. The van der Waals surface area contributed by atoms with E-state index in [1.807, 2.05) is 0 Å². The quantitative estimate of drug-likeness (QED) is 0.611. The molecule has 132 valence electrons. The standard InChI is InChI=1S/C15H19ClN2O5S/c1-2-18(11-5-6-24(21,22)9-11)14(19)8-23-15(20)12-4-3-10(16)7-13(12)17/h3-4,7,11H,2,5-6,8-9,17H2,1H3/t11-/m0/s1. The molecular weight excluding hydrogens is 356 g/mol. The Morgan fingerprint density at radius 3 is 2.67 bits per heavy atom. The number of nitrogen functional groups attached to an aromatic ring is 1. The first kappa shape index (κ1) is 18.5. The molecule has 7 nitrogen and oxygen atoms in total. The van der Waals surface area contributed by atoms with Crippen molar-refractivity contribution in [3.63, 3.8) is 0 Å². The Balaban J connectivity index is 1.97. The van der Waals surface area contributed by atoms with Gasteiger partial charge in [-0.05, 0) is 31.5 Å². The molecule has 0 unspecified atom stereocenters. The monoisotopic (exact) mass is 374 g/mol. The summed E-state index contributed by atoms with van der Waals surface area (Å²) < 4.78 is 28.1. The van der Waals surface area contributed by atoms with Crippen molar-refractivity contribution >= 4 is 39.0 Å². The summed E-state index contributed by atoms with van der Waals surface area (Å²) in [5.41, 5.74) is 5.98. The fraction of sp³-hybridized carbons (Fsp3) is 0.467. The minimum absolute atomic E-state index is 0.0509. The number of benzene rings is 1. The number of hydrogen-bond donors (Lipinski definition) is 1. The van der Waals surface area contributed by atoms with Crippen LogP contribution in [0.4, 0.5) is 5.69 Å². The lowest BCUT2D eigenvalue weighted by atomic mass is 10.2. The van der Waals surface area contributed by atoms with E-state index in [0.29, 0.717) is 18.0 Å². The van der Waals surface area contributed by atoms with Crippen molar-refractivity contribution in [2.24, 2.45) is 0 Å². The van der Waals surface area contributed by atoms with E-state index in [1.54, 1.807) is 6.92 Å². The smallest absolute Gasteiger partial charge is 0.340 e. The molecule has 2 rings (SSSR count). The van der Waals surface area contributed by atoms with Crippen LogP contribution in [0.5, 0.6) is 0 Å². The first-order valence-electron chi connectivity index (χ1n) is 7.45. The Hall–Kier alpha value is -1.80. The first-order valence-corrected chi connectivity index (χ1v) is 9.65. The Kier molecular flexibility index (Phi) is 5.71. The van der Waals surface area contributed by atoms with Gasteiger partial charge < -0.3 is 15.4 Å². The van der Waals surface area contributed by atoms with Crippen LogP contribution < -0.4 is 5.73 Å². The van der Waals surface area contributed by atoms with Crippen LogP contribution in [0.25, 0.3) is 0 Å². The SMILES string of the molecule is CCN(C(=O)COC(=O)c1ccc(Cl)cc1N)[C@H]1CCS(=O)(=O)C1. The maximum absolute atomic E-state index is 12.2. The molecule has 24 heavy (non-hydrogen) atoms. The Labute approximate surface area is 145 Å². The zero-order valence-corrected chi connectivity index (χ0v) is 14.8. The lowest BCUT2D eigenvalue weighted by Gasteiger charge is -2.26. The minimum atomic E-state index is -3.10. The van der Waals surface area contributed by atoms with Gasteiger partial charge in [-0.1, -0.05) is 11.6 Å². The lowest BCUT2D eigenvalue weighted by Crippen LogP contribution is -2.43. The number of halogens is 1. The highest BCUT2D eigenvalue weighted by Gasteiger charge is 2.34. The Bertz CT molecular complexity index is 750. The van der Waals surface area contributed by atoms with Gasteiger partial charge in [-0.2, -0.15) is 0 Å². The van der Waals surface area contributed by atoms with Crippen LogP contribution in [0.15, 0.2) is 18.2 Å². The molecule has 1 aromatic rings. The number of nitrogens with two attached hydrogens (primary N) is 1. The zero-order valence-electron chi connectivity index (χ0n) is 13.2. The van der Waals surface area contributed by atoms with Crippen LogP contribution >= 0.6 is 11.6 Å². The molecule has 9 heteroatoms. The average molecular weight is 375 g/mol. The van der Waals surface area contributed by atoms with Crippen molar-refractivity contribution in [1.29, 1.82) is 0 Å². The minimum Gasteiger partial charge on any atom is -0.452 e. The maximum Gasteiger partial charge on any atom is 0.340 e.